The SMILES string of the molecule is CCC(=O)Nc1c(I)c(C(=O)O)c(I)c(N(CC(O)CO)C(C)=O)c1I. The van der Waals surface area contributed by atoms with E-state index >= 15 is 0 Å². The Hall–Kier alpha value is -0.260. The predicted molar refractivity (Wildman–Crippen MR) is 122 cm³/mol. The number of aromatic carboxylic acids is 1. The van der Waals surface area contributed by atoms with Crippen molar-refractivity contribution in [3.63, 3.8) is 0 Å². The Labute approximate surface area is 191 Å². The van der Waals surface area contributed by atoms with Crippen LogP contribution in [0.25, 0.3) is 0 Å². The lowest BCUT2D eigenvalue weighted by atomic mass is 10.1. The zero-order valence-corrected chi connectivity index (χ0v) is 20.3. The maximum absolute atomic E-state index is 12.1. The van der Waals surface area contributed by atoms with Gasteiger partial charge in [0.1, 0.15) is 0 Å². The van der Waals surface area contributed by atoms with Crippen LogP contribution in [0, 0.1) is 10.7 Å². The fourth-order valence-electron chi connectivity index (χ4n) is 2.06. The number of hydrogen-bond acceptors (Lipinski definition) is 5. The number of carboxylic acids is 1. The quantitative estimate of drug-likeness (QED) is 0.324. The molecule has 1 aromatic carbocycles. The van der Waals surface area contributed by atoms with Crippen molar-refractivity contribution in [1.82, 2.24) is 0 Å². The zero-order chi connectivity index (χ0) is 20.2. The van der Waals surface area contributed by atoms with Crippen molar-refractivity contribution in [3.05, 3.63) is 16.3 Å². The van der Waals surface area contributed by atoms with E-state index in [2.05, 4.69) is 5.32 Å². The molecule has 0 aliphatic rings. The van der Waals surface area contributed by atoms with Crippen LogP contribution in [0.5, 0.6) is 0 Å². The van der Waals surface area contributed by atoms with Gasteiger partial charge in [-0.25, -0.2) is 4.79 Å². The minimum absolute atomic E-state index is 0.0437. The highest BCUT2D eigenvalue weighted by atomic mass is 127. The molecule has 0 saturated heterocycles. The minimum atomic E-state index is -1.20. The molecule has 1 unspecified atom stereocenters. The third kappa shape index (κ3) is 5.39. The second kappa shape index (κ2) is 10.3. The summed E-state index contributed by atoms with van der Waals surface area (Å²) in [6.07, 6.45) is -0.984. The first-order chi connectivity index (χ1) is 12.1. The average Bonchev–Trinajstić information content (AvgIpc) is 2.56. The number of carbonyl (C=O) groups excluding carboxylic acids is 2. The van der Waals surface area contributed by atoms with E-state index in [0.29, 0.717) is 16.4 Å². The lowest BCUT2D eigenvalue weighted by Crippen LogP contribution is -2.39. The molecule has 26 heavy (non-hydrogen) atoms. The van der Waals surface area contributed by atoms with Crippen LogP contribution in [0.3, 0.4) is 0 Å². The summed E-state index contributed by atoms with van der Waals surface area (Å²) in [7, 11) is 0. The molecule has 0 radical (unpaired) electrons. The Bertz CT molecular complexity index is 741. The first-order valence-electron chi connectivity index (χ1n) is 7.37. The van der Waals surface area contributed by atoms with E-state index in [1.165, 1.54) is 11.8 Å². The molecule has 1 aromatic rings. The van der Waals surface area contributed by atoms with Gasteiger partial charge in [0.25, 0.3) is 0 Å². The molecule has 4 N–H and O–H groups in total. The molecule has 0 saturated carbocycles. The number of rotatable bonds is 7. The number of anilines is 2. The Balaban J connectivity index is 3.75. The second-order valence-electron chi connectivity index (χ2n) is 5.21. The molecular formula is C15H17I3N2O6. The van der Waals surface area contributed by atoms with Crippen LogP contribution >= 0.6 is 67.8 Å². The van der Waals surface area contributed by atoms with E-state index in [0.717, 1.165) is 0 Å². The first-order valence-corrected chi connectivity index (χ1v) is 10.6. The smallest absolute Gasteiger partial charge is 0.338 e. The lowest BCUT2D eigenvalue weighted by Gasteiger charge is -2.28. The number of halogens is 3. The number of benzene rings is 1. The molecule has 0 heterocycles. The average molecular weight is 702 g/mol. The Kier molecular flexibility index (Phi) is 9.45. The number of carboxylic acid groups (broad SMARTS) is 1. The monoisotopic (exact) mass is 702 g/mol. The first kappa shape index (κ1) is 23.8. The molecule has 0 aliphatic heterocycles. The molecule has 8 nitrogen and oxygen atoms in total. The van der Waals surface area contributed by atoms with Crippen molar-refractivity contribution in [3.8, 4) is 0 Å². The summed E-state index contributed by atoms with van der Waals surface area (Å²) in [4.78, 5) is 37.0. The molecule has 144 valence electrons. The molecule has 0 aromatic heterocycles. The zero-order valence-electron chi connectivity index (χ0n) is 13.8. The van der Waals surface area contributed by atoms with Crippen LogP contribution < -0.4 is 10.2 Å². The highest BCUT2D eigenvalue weighted by molar-refractivity contribution is 14.1. The molecule has 1 rings (SSSR count). The highest BCUT2D eigenvalue weighted by Gasteiger charge is 2.30. The van der Waals surface area contributed by atoms with Crippen molar-refractivity contribution in [2.75, 3.05) is 23.4 Å². The summed E-state index contributed by atoms with van der Waals surface area (Å²) >= 11 is 5.62. The van der Waals surface area contributed by atoms with Gasteiger partial charge in [-0.15, -0.1) is 0 Å². The minimum Gasteiger partial charge on any atom is -0.478 e. The second-order valence-corrected chi connectivity index (χ2v) is 8.45. The van der Waals surface area contributed by atoms with Gasteiger partial charge in [0.05, 0.1) is 46.9 Å². The Morgan fingerprint density at radius 1 is 1.15 bits per heavy atom. The molecular weight excluding hydrogens is 685 g/mol. The maximum Gasteiger partial charge on any atom is 0.338 e. The Morgan fingerprint density at radius 3 is 2.15 bits per heavy atom. The van der Waals surface area contributed by atoms with Gasteiger partial charge in [-0.3, -0.25) is 9.59 Å². The van der Waals surface area contributed by atoms with Gasteiger partial charge in [0.2, 0.25) is 11.8 Å². The summed E-state index contributed by atoms with van der Waals surface area (Å²) in [5.41, 5.74) is 0.531. The van der Waals surface area contributed by atoms with Crippen molar-refractivity contribution in [1.29, 1.82) is 0 Å². The van der Waals surface area contributed by atoms with Crippen molar-refractivity contribution < 1.29 is 29.7 Å². The van der Waals surface area contributed by atoms with Crippen molar-refractivity contribution in [2.45, 2.75) is 26.4 Å². The Morgan fingerprint density at radius 2 is 1.73 bits per heavy atom. The lowest BCUT2D eigenvalue weighted by molar-refractivity contribution is -0.117. The van der Waals surface area contributed by atoms with E-state index < -0.39 is 24.6 Å². The van der Waals surface area contributed by atoms with Crippen LogP contribution in [0.2, 0.25) is 0 Å². The molecule has 0 spiro atoms. The summed E-state index contributed by atoms with van der Waals surface area (Å²) in [5.74, 6) is -1.93. The van der Waals surface area contributed by atoms with Gasteiger partial charge in [0, 0.05) is 13.3 Å². The third-order valence-corrected chi connectivity index (χ3v) is 6.53. The number of aliphatic hydroxyl groups excluding tert-OH is 2. The molecule has 11 heteroatoms. The van der Waals surface area contributed by atoms with E-state index in [4.69, 9.17) is 5.11 Å². The number of nitrogens with zero attached hydrogens (tertiary/aromatic N) is 1. The number of carbonyl (C=O) groups is 3. The van der Waals surface area contributed by atoms with Crippen LogP contribution in [0.4, 0.5) is 11.4 Å². The number of aliphatic hydroxyl groups is 2. The normalized spacial score (nSPS) is 11.8. The molecule has 1 atom stereocenters. The van der Waals surface area contributed by atoms with Crippen molar-refractivity contribution in [2.24, 2.45) is 0 Å². The highest BCUT2D eigenvalue weighted by Crippen LogP contribution is 2.41. The maximum atomic E-state index is 12.1. The predicted octanol–water partition coefficient (Wildman–Crippen LogP) is 2.25. The van der Waals surface area contributed by atoms with Gasteiger partial charge in [-0.1, -0.05) is 6.92 Å². The van der Waals surface area contributed by atoms with Crippen LogP contribution in [-0.4, -0.2) is 52.4 Å². The molecule has 0 aliphatic carbocycles. The van der Waals surface area contributed by atoms with Gasteiger partial charge in [0.15, 0.2) is 0 Å². The van der Waals surface area contributed by atoms with Crippen LogP contribution in [0.15, 0.2) is 0 Å². The van der Waals surface area contributed by atoms with Gasteiger partial charge < -0.3 is 25.5 Å². The summed E-state index contributed by atoms with van der Waals surface area (Å²) in [6.45, 7) is 2.18. The number of nitrogens with one attached hydrogen (secondary N) is 1. The van der Waals surface area contributed by atoms with Crippen LogP contribution in [-0.2, 0) is 9.59 Å². The van der Waals surface area contributed by atoms with Gasteiger partial charge >= 0.3 is 5.97 Å². The van der Waals surface area contributed by atoms with E-state index in [1.54, 1.807) is 6.92 Å². The summed E-state index contributed by atoms with van der Waals surface area (Å²) in [6, 6.07) is 0. The number of hydrogen-bond donors (Lipinski definition) is 4. The number of amides is 2. The third-order valence-electron chi connectivity index (χ3n) is 3.35. The fraction of sp³-hybridized carbons (Fsp3) is 0.400. The van der Waals surface area contributed by atoms with E-state index in [9.17, 15) is 24.6 Å². The van der Waals surface area contributed by atoms with Gasteiger partial charge in [-0.2, -0.15) is 0 Å². The summed E-state index contributed by atoms with van der Waals surface area (Å²) < 4.78 is 1.13. The van der Waals surface area contributed by atoms with E-state index in [-0.39, 0.29) is 30.1 Å². The molecule has 0 fully saturated rings. The standard InChI is InChI=1S/C15H17I3N2O6/c1-3-8(24)19-13-10(16)9(15(25)26)11(17)14(12(13)18)20(6(2)22)4-7(23)5-21/h7,21,23H,3-5H2,1-2H3,(H,19,24)(H,25,26). The van der Waals surface area contributed by atoms with Gasteiger partial charge in [-0.05, 0) is 67.8 Å². The van der Waals surface area contributed by atoms with Crippen molar-refractivity contribution >= 4 is 96.9 Å². The largest absolute Gasteiger partial charge is 0.478 e. The fourth-order valence-corrected chi connectivity index (χ4v) is 6.54. The topological polar surface area (TPSA) is 127 Å². The molecule has 2 amide bonds. The van der Waals surface area contributed by atoms with Crippen LogP contribution in [0.1, 0.15) is 30.6 Å². The van der Waals surface area contributed by atoms with E-state index in [1.807, 2.05) is 67.8 Å². The molecule has 0 bridgehead atoms. The summed E-state index contributed by atoms with van der Waals surface area (Å²) in [5, 5.41) is 31.2.